The van der Waals surface area contributed by atoms with Crippen LogP contribution in [0, 0.1) is 0 Å². The highest BCUT2D eigenvalue weighted by molar-refractivity contribution is 6.30. The van der Waals surface area contributed by atoms with Crippen molar-refractivity contribution in [2.24, 2.45) is 0 Å². The van der Waals surface area contributed by atoms with Gasteiger partial charge in [-0.1, -0.05) is 11.6 Å². The fraction of sp³-hybridized carbons (Fsp3) is 0.562. The van der Waals surface area contributed by atoms with Gasteiger partial charge in [0.25, 0.3) is 0 Å². The third kappa shape index (κ3) is 4.04. The number of β-amino-alcohol motifs (C(OH)–C–C–N with tert-alkyl or cyclic N) is 1. The minimum absolute atomic E-state index is 0.0736. The Hall–Kier alpha value is -0.940. The molecule has 116 valence electrons. The second-order valence-electron chi connectivity index (χ2n) is 6.05. The average molecular weight is 311 g/mol. The first-order chi connectivity index (χ1) is 9.88. The molecule has 0 amide bonds. The second kappa shape index (κ2) is 6.88. The molecule has 5 heteroatoms. The van der Waals surface area contributed by atoms with Crippen molar-refractivity contribution in [1.29, 1.82) is 0 Å². The lowest BCUT2D eigenvalue weighted by atomic mass is 10.0. The zero-order valence-corrected chi connectivity index (χ0v) is 13.5. The van der Waals surface area contributed by atoms with Gasteiger partial charge in [0.05, 0.1) is 12.1 Å². The Labute approximate surface area is 131 Å². The molecule has 0 radical (unpaired) electrons. The lowest BCUT2D eigenvalue weighted by Crippen LogP contribution is -2.46. The third-order valence-electron chi connectivity index (χ3n) is 4.02. The number of likely N-dealkylation sites (N-methyl/N-ethyl adjacent to an activating group) is 1. The van der Waals surface area contributed by atoms with Crippen molar-refractivity contribution in [3.63, 3.8) is 0 Å². The quantitative estimate of drug-likeness (QED) is 0.844. The number of aliphatic hydroxyl groups excluding tert-OH is 1. The molecule has 0 saturated carbocycles. The molecule has 21 heavy (non-hydrogen) atoms. The van der Waals surface area contributed by atoms with Crippen LogP contribution in [-0.4, -0.2) is 66.1 Å². The van der Waals surface area contributed by atoms with E-state index in [0.29, 0.717) is 17.1 Å². The van der Waals surface area contributed by atoms with Crippen LogP contribution in [-0.2, 0) is 0 Å². The number of hydrogen-bond acceptors (Lipinski definition) is 4. The molecule has 3 atom stereocenters. The molecular weight excluding hydrogens is 288 g/mol. The lowest BCUT2D eigenvalue weighted by Gasteiger charge is -2.31. The minimum Gasteiger partial charge on any atom is -0.392 e. The van der Waals surface area contributed by atoms with Crippen LogP contribution < -0.4 is 0 Å². The summed E-state index contributed by atoms with van der Waals surface area (Å²) in [6, 6.07) is 6.95. The average Bonchev–Trinajstić information content (AvgIpc) is 2.78. The van der Waals surface area contributed by atoms with E-state index in [-0.39, 0.29) is 24.0 Å². The van der Waals surface area contributed by atoms with Crippen LogP contribution in [0.25, 0.3) is 0 Å². The number of carbonyl (C=O) groups is 1. The smallest absolute Gasteiger partial charge is 0.179 e. The molecule has 1 aromatic carbocycles. The molecule has 3 unspecified atom stereocenters. The van der Waals surface area contributed by atoms with E-state index in [0.717, 1.165) is 13.0 Å². The lowest BCUT2D eigenvalue weighted by molar-refractivity contribution is 0.0783. The van der Waals surface area contributed by atoms with E-state index in [9.17, 15) is 9.90 Å². The summed E-state index contributed by atoms with van der Waals surface area (Å²) in [7, 11) is 4.02. The number of hydrogen-bond donors (Lipinski definition) is 1. The highest BCUT2D eigenvalue weighted by atomic mass is 35.5. The van der Waals surface area contributed by atoms with Crippen LogP contribution in [0.2, 0.25) is 5.02 Å². The van der Waals surface area contributed by atoms with E-state index in [1.807, 2.05) is 21.0 Å². The van der Waals surface area contributed by atoms with Gasteiger partial charge in [0.15, 0.2) is 5.78 Å². The van der Waals surface area contributed by atoms with Crippen LogP contribution in [0.5, 0.6) is 0 Å². The standard InChI is InChI=1S/C16H23ClN2O2/c1-11(16(21)12-4-6-13(17)7-5-12)19-10-15(20)8-14(19)9-18(2)3/h4-7,11,14-15,20H,8-10H2,1-3H3. The Morgan fingerprint density at radius 3 is 2.62 bits per heavy atom. The molecule has 1 heterocycles. The third-order valence-corrected chi connectivity index (χ3v) is 4.27. The summed E-state index contributed by atoms with van der Waals surface area (Å²) in [6.07, 6.45) is 0.367. The number of likely N-dealkylation sites (tertiary alicyclic amines) is 1. The SMILES string of the molecule is CC(C(=O)c1ccc(Cl)cc1)N1CC(O)CC1CN(C)C. The van der Waals surface area contributed by atoms with E-state index in [1.54, 1.807) is 24.3 Å². The Bertz CT molecular complexity index is 490. The van der Waals surface area contributed by atoms with Crippen LogP contribution in [0.1, 0.15) is 23.7 Å². The summed E-state index contributed by atoms with van der Waals surface area (Å²) >= 11 is 5.86. The van der Waals surface area contributed by atoms with Gasteiger partial charge in [0.1, 0.15) is 0 Å². The van der Waals surface area contributed by atoms with Gasteiger partial charge in [-0.15, -0.1) is 0 Å². The number of Topliss-reactive ketones (excluding diaryl/α,β-unsaturated/α-hetero) is 1. The molecular formula is C16H23ClN2O2. The summed E-state index contributed by atoms with van der Waals surface area (Å²) < 4.78 is 0. The van der Waals surface area contributed by atoms with Gasteiger partial charge in [-0.2, -0.15) is 0 Å². The second-order valence-corrected chi connectivity index (χ2v) is 6.49. The molecule has 0 bridgehead atoms. The first-order valence-electron chi connectivity index (χ1n) is 7.26. The molecule has 1 N–H and O–H groups in total. The molecule has 0 aliphatic carbocycles. The first-order valence-corrected chi connectivity index (χ1v) is 7.64. The maximum absolute atomic E-state index is 12.6. The maximum atomic E-state index is 12.6. The number of aliphatic hydroxyl groups is 1. The number of ketones is 1. The van der Waals surface area contributed by atoms with E-state index < -0.39 is 0 Å². The van der Waals surface area contributed by atoms with Gasteiger partial charge in [-0.05, 0) is 51.7 Å². The number of carbonyl (C=O) groups excluding carboxylic acids is 1. The molecule has 1 aromatic rings. The normalized spacial score (nSPS) is 24.5. The molecule has 1 aliphatic heterocycles. The van der Waals surface area contributed by atoms with Crippen molar-refractivity contribution in [2.45, 2.75) is 31.5 Å². The molecule has 0 spiro atoms. The first kappa shape index (κ1) is 16.4. The zero-order valence-electron chi connectivity index (χ0n) is 12.8. The Morgan fingerprint density at radius 1 is 1.43 bits per heavy atom. The van der Waals surface area contributed by atoms with E-state index in [4.69, 9.17) is 11.6 Å². The minimum atomic E-state index is -0.351. The van der Waals surface area contributed by atoms with Crippen LogP contribution in [0.4, 0.5) is 0 Å². The van der Waals surface area contributed by atoms with Gasteiger partial charge in [0, 0.05) is 29.7 Å². The maximum Gasteiger partial charge on any atom is 0.179 e. The highest BCUT2D eigenvalue weighted by Gasteiger charge is 2.36. The van der Waals surface area contributed by atoms with E-state index in [2.05, 4.69) is 9.80 Å². The number of rotatable bonds is 5. The number of halogens is 1. The number of benzene rings is 1. The van der Waals surface area contributed by atoms with Crippen LogP contribution in [0.15, 0.2) is 24.3 Å². The zero-order chi connectivity index (χ0) is 15.6. The Morgan fingerprint density at radius 2 is 2.05 bits per heavy atom. The van der Waals surface area contributed by atoms with Gasteiger partial charge >= 0.3 is 0 Å². The summed E-state index contributed by atoms with van der Waals surface area (Å²) in [6.45, 7) is 3.31. The summed E-state index contributed by atoms with van der Waals surface area (Å²) in [4.78, 5) is 16.8. The van der Waals surface area contributed by atoms with Crippen molar-refractivity contribution in [2.75, 3.05) is 27.2 Å². The van der Waals surface area contributed by atoms with Crippen molar-refractivity contribution in [3.8, 4) is 0 Å². The molecule has 4 nitrogen and oxygen atoms in total. The molecule has 1 aliphatic rings. The van der Waals surface area contributed by atoms with E-state index in [1.165, 1.54) is 0 Å². The van der Waals surface area contributed by atoms with Gasteiger partial charge in [-0.3, -0.25) is 9.69 Å². The van der Waals surface area contributed by atoms with Crippen molar-refractivity contribution >= 4 is 17.4 Å². The molecule has 2 rings (SSSR count). The summed E-state index contributed by atoms with van der Waals surface area (Å²) in [5.41, 5.74) is 0.664. The van der Waals surface area contributed by atoms with Crippen molar-refractivity contribution in [1.82, 2.24) is 9.80 Å². The largest absolute Gasteiger partial charge is 0.392 e. The molecule has 1 saturated heterocycles. The van der Waals surface area contributed by atoms with E-state index >= 15 is 0 Å². The molecule has 1 fully saturated rings. The predicted molar refractivity (Wildman–Crippen MR) is 84.9 cm³/mol. The summed E-state index contributed by atoms with van der Waals surface area (Å²) in [5.74, 6) is 0.0736. The van der Waals surface area contributed by atoms with Crippen molar-refractivity contribution in [3.05, 3.63) is 34.9 Å². The monoisotopic (exact) mass is 310 g/mol. The fourth-order valence-electron chi connectivity index (χ4n) is 3.00. The highest BCUT2D eigenvalue weighted by Crippen LogP contribution is 2.23. The number of nitrogens with zero attached hydrogens (tertiary/aromatic N) is 2. The predicted octanol–water partition coefficient (Wildman–Crippen LogP) is 1.91. The fourth-order valence-corrected chi connectivity index (χ4v) is 3.12. The van der Waals surface area contributed by atoms with Gasteiger partial charge < -0.3 is 10.0 Å². The van der Waals surface area contributed by atoms with Crippen LogP contribution in [0.3, 0.4) is 0 Å². The Balaban J connectivity index is 2.11. The molecule has 0 aromatic heterocycles. The topological polar surface area (TPSA) is 43.8 Å². The van der Waals surface area contributed by atoms with Crippen LogP contribution >= 0.6 is 11.6 Å². The van der Waals surface area contributed by atoms with Gasteiger partial charge in [0.2, 0.25) is 0 Å². The summed E-state index contributed by atoms with van der Waals surface area (Å²) in [5, 5.41) is 10.6. The Kier molecular flexibility index (Phi) is 5.38. The van der Waals surface area contributed by atoms with Gasteiger partial charge in [-0.25, -0.2) is 0 Å². The van der Waals surface area contributed by atoms with Crippen molar-refractivity contribution < 1.29 is 9.90 Å².